The van der Waals surface area contributed by atoms with E-state index in [4.69, 9.17) is 9.05 Å². The minimum atomic E-state index is -3.13. The van der Waals surface area contributed by atoms with Crippen molar-refractivity contribution in [3.8, 4) is 5.75 Å². The topological polar surface area (TPSA) is 58.7 Å². The Labute approximate surface area is 274 Å². The number of benzene rings is 1. The van der Waals surface area contributed by atoms with Crippen molar-refractivity contribution in [2.75, 3.05) is 73.2 Å². The van der Waals surface area contributed by atoms with Gasteiger partial charge in [0.1, 0.15) is 0 Å². The van der Waals surface area contributed by atoms with E-state index >= 15 is 0 Å². The number of allylic oxidation sites excluding steroid dienone is 4. The van der Waals surface area contributed by atoms with Crippen molar-refractivity contribution >= 4 is 23.1 Å². The zero-order valence-electron chi connectivity index (χ0n) is 28.8. The Balaban J connectivity index is 1.36. The Hall–Kier alpha value is -0.530. The van der Waals surface area contributed by atoms with Crippen molar-refractivity contribution < 1.29 is 9.05 Å². The number of rotatable bonds is 9. The molecule has 254 valence electrons. The number of nitrogens with one attached hydrogen (secondary N) is 2. The number of hydrogen-bond donors (Lipinski definition) is 2. The van der Waals surface area contributed by atoms with Crippen LogP contribution >= 0.6 is 23.1 Å². The van der Waals surface area contributed by atoms with Gasteiger partial charge in [-0.2, -0.15) is 0 Å². The molecule has 0 aromatic heterocycles. The molecule has 12 heteroatoms. The van der Waals surface area contributed by atoms with Gasteiger partial charge < -0.3 is 0 Å². The molecule has 2 N–H and O–H groups in total. The normalized spacial score (nSPS) is 31.5. The summed E-state index contributed by atoms with van der Waals surface area (Å²) < 4.78 is 28.6. The van der Waals surface area contributed by atoms with Gasteiger partial charge in [0.25, 0.3) is 0 Å². The van der Waals surface area contributed by atoms with Gasteiger partial charge in [0.05, 0.1) is 0 Å². The molecular formula is C33H60N7O2P3. The fraction of sp³-hybridized carbons (Fsp3) is 0.697. The van der Waals surface area contributed by atoms with E-state index < -0.39 is 23.1 Å². The van der Waals surface area contributed by atoms with Crippen molar-refractivity contribution in [1.82, 2.24) is 32.8 Å². The first-order chi connectivity index (χ1) is 21.6. The summed E-state index contributed by atoms with van der Waals surface area (Å²) in [5.41, 5.74) is 4.12. The van der Waals surface area contributed by atoms with E-state index in [-0.39, 0.29) is 5.41 Å². The van der Waals surface area contributed by atoms with Crippen LogP contribution in [0.4, 0.5) is 0 Å². The Morgan fingerprint density at radius 3 is 1.73 bits per heavy atom. The summed E-state index contributed by atoms with van der Waals surface area (Å²) in [6.07, 6.45) is 14.4. The van der Waals surface area contributed by atoms with Crippen LogP contribution in [0.2, 0.25) is 0 Å². The van der Waals surface area contributed by atoms with Gasteiger partial charge in [0.15, 0.2) is 0 Å². The van der Waals surface area contributed by atoms with Gasteiger partial charge >= 0.3 is 275 Å². The van der Waals surface area contributed by atoms with E-state index in [0.29, 0.717) is 0 Å². The number of nitrogens with zero attached hydrogens (tertiary/aromatic N) is 5. The second kappa shape index (κ2) is 12.1. The summed E-state index contributed by atoms with van der Waals surface area (Å²) in [6.45, 7) is 18.4. The molecule has 6 aliphatic rings. The maximum atomic E-state index is 7.62. The average Bonchev–Trinajstić information content (AvgIpc) is 3.85. The molecular weight excluding hydrogens is 619 g/mol. The predicted molar refractivity (Wildman–Crippen MR) is 196 cm³/mol. The third kappa shape index (κ3) is 5.07. The van der Waals surface area contributed by atoms with Gasteiger partial charge in [-0.05, 0) is 0 Å². The summed E-state index contributed by atoms with van der Waals surface area (Å²) >= 11 is 0. The first-order valence-corrected chi connectivity index (χ1v) is 23.9. The second-order valence-corrected chi connectivity index (χ2v) is 26.8. The fourth-order valence-electron chi connectivity index (χ4n) is 9.35. The van der Waals surface area contributed by atoms with E-state index in [2.05, 4.69) is 104 Å². The standard InChI is InChI=1S/C33H60N7O2P3/c1-29-15-20-32(29)33(2,3)30-16-18-31(19-17-30)42-43(37-21-7-8-22-37)34-44(41-5,38-23-9-10-24-38)36(4)45(6,35-43,39-25-11-12-26-39)40-27-13-14-28-40/h15-20,34-35,43-44H,7-14,21-28H2,1-6H3. The van der Waals surface area contributed by atoms with Gasteiger partial charge in [0.2, 0.25) is 0 Å². The van der Waals surface area contributed by atoms with Gasteiger partial charge in [-0.15, -0.1) is 0 Å². The Kier molecular flexibility index (Phi) is 8.88. The van der Waals surface area contributed by atoms with Gasteiger partial charge in [-0.25, -0.2) is 0 Å². The van der Waals surface area contributed by atoms with E-state index in [1.54, 1.807) is 0 Å². The van der Waals surface area contributed by atoms with Crippen LogP contribution in [0.1, 0.15) is 77.7 Å². The maximum absolute atomic E-state index is 7.62. The van der Waals surface area contributed by atoms with Crippen LogP contribution in [0.15, 0.2) is 47.6 Å². The van der Waals surface area contributed by atoms with E-state index in [9.17, 15) is 0 Å². The summed E-state index contributed by atoms with van der Waals surface area (Å²) in [5.74, 6) is 0.959. The van der Waals surface area contributed by atoms with Gasteiger partial charge in [-0.1, -0.05) is 0 Å². The van der Waals surface area contributed by atoms with Crippen molar-refractivity contribution in [2.24, 2.45) is 0 Å². The molecule has 0 atom stereocenters. The van der Waals surface area contributed by atoms with Crippen molar-refractivity contribution in [1.29, 1.82) is 0 Å². The Morgan fingerprint density at radius 1 is 0.756 bits per heavy atom. The third-order valence-electron chi connectivity index (χ3n) is 12.2. The first kappa shape index (κ1) is 33.0. The summed E-state index contributed by atoms with van der Waals surface area (Å²) in [5, 5.41) is 0. The molecule has 5 saturated heterocycles. The Bertz CT molecular complexity index is 1300. The molecule has 1 aromatic carbocycles. The molecule has 5 aliphatic heterocycles. The summed E-state index contributed by atoms with van der Waals surface area (Å²) in [4.78, 5) is 9.02. The van der Waals surface area contributed by atoms with Crippen molar-refractivity contribution in [3.63, 3.8) is 0 Å². The molecule has 1 aromatic rings. The molecule has 0 amide bonds. The Morgan fingerprint density at radius 2 is 1.27 bits per heavy atom. The molecule has 0 bridgehead atoms. The fourth-order valence-corrected chi connectivity index (χ4v) is 31.6. The molecule has 0 saturated carbocycles. The van der Waals surface area contributed by atoms with Crippen LogP contribution in [0.3, 0.4) is 0 Å². The van der Waals surface area contributed by atoms with Crippen molar-refractivity contribution in [2.45, 2.75) is 77.6 Å². The van der Waals surface area contributed by atoms with Crippen LogP contribution in [-0.4, -0.2) is 96.3 Å². The van der Waals surface area contributed by atoms with Gasteiger partial charge in [0, 0.05) is 0 Å². The zero-order valence-corrected chi connectivity index (χ0v) is 31.7. The second-order valence-electron chi connectivity index (χ2n) is 15.0. The predicted octanol–water partition coefficient (Wildman–Crippen LogP) is 7.05. The number of hydrogen-bond acceptors (Lipinski definition) is 9. The molecule has 0 radical (unpaired) electrons. The quantitative estimate of drug-likeness (QED) is 0.268. The van der Waals surface area contributed by atoms with Gasteiger partial charge in [-0.3, -0.25) is 0 Å². The molecule has 5 fully saturated rings. The monoisotopic (exact) mass is 679 g/mol. The van der Waals surface area contributed by atoms with E-state index in [1.165, 1.54) is 68.1 Å². The molecule has 0 spiro atoms. The average molecular weight is 680 g/mol. The van der Waals surface area contributed by atoms with Crippen LogP contribution in [0.25, 0.3) is 0 Å². The minimum absolute atomic E-state index is 0.0278. The third-order valence-corrected chi connectivity index (χ3v) is 30.0. The molecule has 45 heavy (non-hydrogen) atoms. The summed E-state index contributed by atoms with van der Waals surface area (Å²) in [7, 11) is -4.66. The van der Waals surface area contributed by atoms with Crippen LogP contribution in [0.5, 0.6) is 5.75 Å². The molecule has 7 rings (SSSR count). The van der Waals surface area contributed by atoms with Crippen molar-refractivity contribution in [3.05, 3.63) is 53.1 Å². The van der Waals surface area contributed by atoms with E-state index in [1.807, 2.05) is 7.11 Å². The van der Waals surface area contributed by atoms with Crippen LogP contribution in [-0.2, 0) is 9.94 Å². The molecule has 5 heterocycles. The molecule has 0 unspecified atom stereocenters. The molecule has 1 aliphatic carbocycles. The van der Waals surface area contributed by atoms with Crippen LogP contribution < -0.4 is 14.2 Å². The SMILES string of the molecule is CO[PH]1(N2CCCC2)N[PH](Oc2ccc(C(C)(C)C3=CC=C3C)cc2)(N2CCCC2)NP(C)(N2CCCC2)(N2CCCC2)N1C. The van der Waals surface area contributed by atoms with Crippen LogP contribution in [0, 0.1) is 0 Å². The first-order valence-electron chi connectivity index (χ1n) is 17.7. The molecule has 9 nitrogen and oxygen atoms in total. The zero-order chi connectivity index (χ0) is 31.5. The van der Waals surface area contributed by atoms with E-state index in [0.717, 1.165) is 58.1 Å². The summed E-state index contributed by atoms with van der Waals surface area (Å²) in [6, 6.07) is 9.09.